The second kappa shape index (κ2) is 12.9. The Kier molecular flexibility index (Phi) is 9.60. The smallest absolute Gasteiger partial charge is 0.254 e. The van der Waals surface area contributed by atoms with Gasteiger partial charge in [-0.15, -0.1) is 0 Å². The van der Waals surface area contributed by atoms with Gasteiger partial charge in [-0.2, -0.15) is 0 Å². The molecule has 1 fully saturated rings. The molecular weight excluding hydrogens is 563 g/mol. The van der Waals surface area contributed by atoms with Crippen LogP contribution >= 0.6 is 39.1 Å². The number of pyridine rings is 2. The zero-order chi connectivity index (χ0) is 25.5. The molecule has 1 aromatic carbocycles. The minimum atomic E-state index is -0.274. The molecule has 3 aromatic rings. The monoisotopic (exact) mass is 590 g/mol. The number of aromatic nitrogens is 2. The number of nitrogens with zero attached hydrogens (tertiary/aromatic N) is 3. The maximum Gasteiger partial charge on any atom is 0.254 e. The van der Waals surface area contributed by atoms with Crippen LogP contribution in [0.25, 0.3) is 0 Å². The van der Waals surface area contributed by atoms with Crippen molar-refractivity contribution in [3.05, 3.63) is 86.8 Å². The summed E-state index contributed by atoms with van der Waals surface area (Å²) in [6, 6.07) is 12.5. The number of hydrogen-bond acceptors (Lipinski definition) is 5. The topological polar surface area (TPSA) is 67.4 Å². The third kappa shape index (κ3) is 6.97. The van der Waals surface area contributed by atoms with Crippen LogP contribution in [-0.2, 0) is 0 Å². The predicted molar refractivity (Wildman–Crippen MR) is 147 cm³/mol. The van der Waals surface area contributed by atoms with Crippen molar-refractivity contribution >= 4 is 45.0 Å². The van der Waals surface area contributed by atoms with E-state index in [1.807, 2.05) is 12.1 Å². The molecule has 9 heteroatoms. The average Bonchev–Trinajstić information content (AvgIpc) is 2.88. The number of ether oxygens (including phenoxy) is 1. The molecule has 1 N–H and O–H groups in total. The Morgan fingerprint density at radius 3 is 2.36 bits per heavy atom. The van der Waals surface area contributed by atoms with Gasteiger partial charge in [0, 0.05) is 47.8 Å². The van der Waals surface area contributed by atoms with Crippen LogP contribution in [0, 0.1) is 5.92 Å². The Hall–Kier alpha value is -2.19. The molecular formula is C27H29BrCl2N4O2. The number of benzene rings is 1. The van der Waals surface area contributed by atoms with Crippen molar-refractivity contribution in [1.29, 1.82) is 0 Å². The number of carbonyl (C=O) groups is 1. The lowest BCUT2D eigenvalue weighted by Crippen LogP contribution is -2.43. The zero-order valence-corrected chi connectivity index (χ0v) is 23.1. The van der Waals surface area contributed by atoms with Crippen LogP contribution in [0.4, 0.5) is 0 Å². The van der Waals surface area contributed by atoms with Gasteiger partial charge in [-0.05, 0) is 69.1 Å². The number of halogens is 3. The van der Waals surface area contributed by atoms with Crippen LogP contribution in [0.15, 0.2) is 65.7 Å². The van der Waals surface area contributed by atoms with Gasteiger partial charge in [0.1, 0.15) is 11.9 Å². The normalized spacial score (nSPS) is 16.3. The first kappa shape index (κ1) is 26.9. The van der Waals surface area contributed by atoms with E-state index in [9.17, 15) is 4.79 Å². The Morgan fingerprint density at radius 2 is 1.72 bits per heavy atom. The molecule has 190 valence electrons. The highest BCUT2D eigenvalue weighted by Gasteiger charge is 2.31. The van der Waals surface area contributed by atoms with Crippen molar-refractivity contribution in [3.63, 3.8) is 0 Å². The van der Waals surface area contributed by atoms with E-state index in [4.69, 9.17) is 27.9 Å². The first-order chi connectivity index (χ1) is 17.4. The van der Waals surface area contributed by atoms with E-state index in [0.29, 0.717) is 18.5 Å². The fraction of sp³-hybridized carbons (Fsp3) is 0.370. The largest absolute Gasteiger partial charge is 0.485 e. The summed E-state index contributed by atoms with van der Waals surface area (Å²) in [6.45, 7) is 4.71. The van der Waals surface area contributed by atoms with Gasteiger partial charge in [0.2, 0.25) is 0 Å². The van der Waals surface area contributed by atoms with Gasteiger partial charge in [0.05, 0.1) is 15.6 Å². The minimum Gasteiger partial charge on any atom is -0.485 e. The molecule has 4 rings (SSSR count). The Balaban J connectivity index is 1.31. The number of carbonyl (C=O) groups excluding carboxylic acids is 1. The van der Waals surface area contributed by atoms with E-state index in [-0.39, 0.29) is 27.6 Å². The minimum absolute atomic E-state index is 0.0212. The van der Waals surface area contributed by atoms with Crippen LogP contribution < -0.4 is 10.1 Å². The van der Waals surface area contributed by atoms with Crippen molar-refractivity contribution in [1.82, 2.24) is 20.2 Å². The summed E-state index contributed by atoms with van der Waals surface area (Å²) in [7, 11) is 0. The van der Waals surface area contributed by atoms with E-state index >= 15 is 0 Å². The molecule has 1 aliphatic heterocycles. The lowest BCUT2D eigenvalue weighted by atomic mass is 9.86. The van der Waals surface area contributed by atoms with E-state index in [0.717, 1.165) is 42.6 Å². The van der Waals surface area contributed by atoms with E-state index in [1.54, 1.807) is 12.4 Å². The second-order valence-corrected chi connectivity index (χ2v) is 10.7. The zero-order valence-electron chi connectivity index (χ0n) is 20.0. The summed E-state index contributed by atoms with van der Waals surface area (Å²) in [5.74, 6) is 0.959. The Morgan fingerprint density at radius 1 is 1.08 bits per heavy atom. The van der Waals surface area contributed by atoms with E-state index < -0.39 is 0 Å². The Labute approximate surface area is 230 Å². The molecule has 2 atom stereocenters. The van der Waals surface area contributed by atoms with E-state index in [1.165, 1.54) is 18.0 Å². The van der Waals surface area contributed by atoms with Gasteiger partial charge in [0.25, 0.3) is 5.91 Å². The van der Waals surface area contributed by atoms with Crippen molar-refractivity contribution in [2.24, 2.45) is 5.92 Å². The van der Waals surface area contributed by atoms with Gasteiger partial charge in [-0.25, -0.2) is 0 Å². The van der Waals surface area contributed by atoms with Crippen LogP contribution in [0.5, 0.6) is 5.75 Å². The van der Waals surface area contributed by atoms with Gasteiger partial charge < -0.3 is 15.0 Å². The molecule has 3 heterocycles. The summed E-state index contributed by atoms with van der Waals surface area (Å²) in [6.07, 6.45) is 9.24. The summed E-state index contributed by atoms with van der Waals surface area (Å²) >= 11 is 15.7. The van der Waals surface area contributed by atoms with Gasteiger partial charge in [0.15, 0.2) is 0 Å². The van der Waals surface area contributed by atoms with Crippen molar-refractivity contribution in [2.45, 2.75) is 38.3 Å². The summed E-state index contributed by atoms with van der Waals surface area (Å²) in [5.41, 5.74) is 1.45. The highest BCUT2D eigenvalue weighted by Crippen LogP contribution is 2.36. The molecule has 0 aliphatic carbocycles. The van der Waals surface area contributed by atoms with Gasteiger partial charge in [-0.1, -0.05) is 51.3 Å². The average molecular weight is 592 g/mol. The molecule has 2 aromatic heterocycles. The lowest BCUT2D eigenvalue weighted by Gasteiger charge is -2.39. The summed E-state index contributed by atoms with van der Waals surface area (Å²) in [5, 5.41) is 3.45. The standard InChI is InChI=1S/C27H29BrCl2N4O2/c1-18(6-13-33-27(35)25-23(29)16-32-17-24(25)30)34-14-9-20(10-15-34)26(19-2-4-21(28)5-3-19)36-22-7-11-31-12-8-22/h2-5,7-8,11-12,16-18,20,26H,6,9-10,13-15H2,1H3,(H,33,35). The molecule has 1 saturated heterocycles. The predicted octanol–water partition coefficient (Wildman–Crippen LogP) is 6.59. The first-order valence-electron chi connectivity index (χ1n) is 12.1. The summed E-state index contributed by atoms with van der Waals surface area (Å²) in [4.78, 5) is 23.0. The first-order valence-corrected chi connectivity index (χ1v) is 13.6. The van der Waals surface area contributed by atoms with Crippen molar-refractivity contribution in [2.75, 3.05) is 19.6 Å². The fourth-order valence-corrected chi connectivity index (χ4v) is 5.41. The molecule has 2 unspecified atom stereocenters. The highest BCUT2D eigenvalue weighted by atomic mass is 79.9. The van der Waals surface area contributed by atoms with E-state index in [2.05, 4.69) is 67.3 Å². The maximum atomic E-state index is 12.5. The maximum absolute atomic E-state index is 12.5. The number of hydrogen-bond donors (Lipinski definition) is 1. The molecule has 1 aliphatic rings. The molecule has 0 saturated carbocycles. The van der Waals surface area contributed by atoms with Gasteiger partial charge >= 0.3 is 0 Å². The van der Waals surface area contributed by atoms with Crippen LogP contribution in [-0.4, -0.2) is 46.5 Å². The third-order valence-corrected chi connectivity index (χ3v) is 7.77. The number of amides is 1. The van der Waals surface area contributed by atoms with Crippen LogP contribution in [0.2, 0.25) is 10.0 Å². The number of likely N-dealkylation sites (tertiary alicyclic amines) is 1. The number of piperidine rings is 1. The lowest BCUT2D eigenvalue weighted by molar-refractivity contribution is 0.0605. The fourth-order valence-electron chi connectivity index (χ4n) is 4.61. The molecule has 0 spiro atoms. The molecule has 36 heavy (non-hydrogen) atoms. The molecule has 6 nitrogen and oxygen atoms in total. The molecule has 1 amide bonds. The Bertz CT molecular complexity index is 1120. The summed E-state index contributed by atoms with van der Waals surface area (Å²) < 4.78 is 7.53. The number of nitrogens with one attached hydrogen (secondary N) is 1. The second-order valence-electron chi connectivity index (χ2n) is 9.02. The molecule has 0 radical (unpaired) electrons. The number of rotatable bonds is 9. The van der Waals surface area contributed by atoms with Gasteiger partial charge in [-0.3, -0.25) is 14.8 Å². The third-order valence-electron chi connectivity index (χ3n) is 6.67. The highest BCUT2D eigenvalue weighted by molar-refractivity contribution is 9.10. The van der Waals surface area contributed by atoms with Crippen LogP contribution in [0.1, 0.15) is 48.2 Å². The SMILES string of the molecule is CC(CCNC(=O)c1c(Cl)cncc1Cl)N1CCC(C(Oc2ccncc2)c2ccc(Br)cc2)CC1. The van der Waals surface area contributed by atoms with Crippen molar-refractivity contribution < 1.29 is 9.53 Å². The van der Waals surface area contributed by atoms with Crippen LogP contribution in [0.3, 0.4) is 0 Å². The van der Waals surface area contributed by atoms with Crippen molar-refractivity contribution in [3.8, 4) is 5.75 Å². The molecule has 0 bridgehead atoms. The quantitative estimate of drug-likeness (QED) is 0.304.